The maximum atomic E-state index is 13.1. The Kier molecular flexibility index (Phi) is 5.31. The first kappa shape index (κ1) is 20.1. The van der Waals surface area contributed by atoms with Crippen LogP contribution in [0.5, 0.6) is 0 Å². The SMILES string of the molecule is O=C(NCC(O)c1ccccc1C(F)(F)F)c1ccc(-c2nc3ccccc3s2)o1. The van der Waals surface area contributed by atoms with Crippen LogP contribution < -0.4 is 5.32 Å². The zero-order chi connectivity index (χ0) is 21.3. The molecule has 0 aliphatic carbocycles. The lowest BCUT2D eigenvalue weighted by Crippen LogP contribution is -2.29. The zero-order valence-electron chi connectivity index (χ0n) is 15.3. The Morgan fingerprint density at radius 3 is 2.60 bits per heavy atom. The normalized spacial score (nSPS) is 12.8. The van der Waals surface area contributed by atoms with Gasteiger partial charge in [0.25, 0.3) is 5.91 Å². The molecule has 1 unspecified atom stereocenters. The number of hydrogen-bond acceptors (Lipinski definition) is 5. The van der Waals surface area contributed by atoms with Crippen molar-refractivity contribution in [1.82, 2.24) is 10.3 Å². The fourth-order valence-corrected chi connectivity index (χ4v) is 3.91. The van der Waals surface area contributed by atoms with E-state index in [9.17, 15) is 23.1 Å². The third-order valence-corrected chi connectivity index (χ3v) is 5.47. The predicted molar refractivity (Wildman–Crippen MR) is 106 cm³/mol. The molecular weight excluding hydrogens is 417 g/mol. The zero-order valence-corrected chi connectivity index (χ0v) is 16.1. The van der Waals surface area contributed by atoms with Crippen molar-refractivity contribution in [2.45, 2.75) is 12.3 Å². The number of hydrogen-bond donors (Lipinski definition) is 2. The fourth-order valence-electron chi connectivity index (χ4n) is 2.98. The number of nitrogens with zero attached hydrogens (tertiary/aromatic N) is 1. The van der Waals surface area contributed by atoms with Gasteiger partial charge in [-0.25, -0.2) is 4.98 Å². The van der Waals surface area contributed by atoms with Gasteiger partial charge in [0.05, 0.1) is 21.9 Å². The summed E-state index contributed by atoms with van der Waals surface area (Å²) in [5.41, 5.74) is -0.436. The molecule has 4 rings (SSSR count). The van der Waals surface area contributed by atoms with Crippen LogP contribution in [0.2, 0.25) is 0 Å². The van der Waals surface area contributed by atoms with E-state index < -0.39 is 30.3 Å². The molecule has 1 atom stereocenters. The molecule has 2 aromatic heterocycles. The average Bonchev–Trinajstić information content (AvgIpc) is 3.38. The lowest BCUT2D eigenvalue weighted by atomic mass is 10.0. The van der Waals surface area contributed by atoms with E-state index in [1.54, 1.807) is 6.07 Å². The molecule has 5 nitrogen and oxygen atoms in total. The molecule has 0 aliphatic rings. The average molecular weight is 432 g/mol. The summed E-state index contributed by atoms with van der Waals surface area (Å²) in [5, 5.41) is 13.2. The summed E-state index contributed by atoms with van der Waals surface area (Å²) in [7, 11) is 0. The molecule has 0 radical (unpaired) electrons. The van der Waals surface area contributed by atoms with E-state index in [2.05, 4.69) is 10.3 Å². The third-order valence-electron chi connectivity index (χ3n) is 4.42. The summed E-state index contributed by atoms with van der Waals surface area (Å²) < 4.78 is 45.8. The van der Waals surface area contributed by atoms with E-state index in [0.29, 0.717) is 10.8 Å². The van der Waals surface area contributed by atoms with Crippen LogP contribution >= 0.6 is 11.3 Å². The number of fused-ring (bicyclic) bond motifs is 1. The van der Waals surface area contributed by atoms with Gasteiger partial charge < -0.3 is 14.8 Å². The van der Waals surface area contributed by atoms with Crippen LogP contribution in [-0.4, -0.2) is 22.5 Å². The number of thiazole rings is 1. The highest BCUT2D eigenvalue weighted by Gasteiger charge is 2.34. The maximum Gasteiger partial charge on any atom is 0.416 e. The lowest BCUT2D eigenvalue weighted by molar-refractivity contribution is -0.139. The highest BCUT2D eigenvalue weighted by molar-refractivity contribution is 7.21. The number of furan rings is 1. The molecule has 2 N–H and O–H groups in total. The monoisotopic (exact) mass is 432 g/mol. The van der Waals surface area contributed by atoms with E-state index >= 15 is 0 Å². The summed E-state index contributed by atoms with van der Waals surface area (Å²) in [6.45, 7) is -0.400. The van der Waals surface area contributed by atoms with Crippen molar-refractivity contribution >= 4 is 27.5 Å². The Labute approximate surface area is 172 Å². The van der Waals surface area contributed by atoms with Crippen molar-refractivity contribution < 1.29 is 27.5 Å². The van der Waals surface area contributed by atoms with Gasteiger partial charge in [-0.15, -0.1) is 11.3 Å². The van der Waals surface area contributed by atoms with Crippen molar-refractivity contribution in [3.8, 4) is 10.8 Å². The molecule has 9 heteroatoms. The molecule has 0 saturated heterocycles. The molecule has 1 amide bonds. The lowest BCUT2D eigenvalue weighted by Gasteiger charge is -2.17. The van der Waals surface area contributed by atoms with Gasteiger partial charge in [-0.3, -0.25) is 4.79 Å². The highest BCUT2D eigenvalue weighted by atomic mass is 32.1. The summed E-state index contributed by atoms with van der Waals surface area (Å²) in [4.78, 5) is 16.8. The van der Waals surface area contributed by atoms with Gasteiger partial charge in [0.2, 0.25) is 0 Å². The number of carbonyl (C=O) groups is 1. The van der Waals surface area contributed by atoms with Gasteiger partial charge in [0, 0.05) is 6.54 Å². The quantitative estimate of drug-likeness (QED) is 0.463. The fraction of sp³-hybridized carbons (Fsp3) is 0.143. The Morgan fingerprint density at radius 1 is 1.10 bits per heavy atom. The number of alkyl halides is 3. The number of nitrogens with one attached hydrogen (secondary N) is 1. The first-order valence-electron chi connectivity index (χ1n) is 8.91. The van der Waals surface area contributed by atoms with E-state index in [1.807, 2.05) is 24.3 Å². The maximum absolute atomic E-state index is 13.1. The van der Waals surface area contributed by atoms with Crippen molar-refractivity contribution in [1.29, 1.82) is 0 Å². The van der Waals surface area contributed by atoms with Gasteiger partial charge in [-0.2, -0.15) is 13.2 Å². The molecule has 154 valence electrons. The Bertz CT molecular complexity index is 1170. The summed E-state index contributed by atoms with van der Waals surface area (Å²) >= 11 is 1.41. The number of aromatic nitrogens is 1. The topological polar surface area (TPSA) is 75.4 Å². The van der Waals surface area contributed by atoms with Crippen molar-refractivity contribution in [3.05, 3.63) is 77.6 Å². The summed E-state index contributed by atoms with van der Waals surface area (Å²) in [6.07, 6.45) is -6.13. The van der Waals surface area contributed by atoms with Crippen LogP contribution in [0, 0.1) is 0 Å². The standard InChI is InChI=1S/C21H15F3N2O3S/c22-21(23,24)13-6-2-1-5-12(13)15(27)11-25-19(28)16-9-10-17(29-16)20-26-14-7-3-4-8-18(14)30-20/h1-10,15,27H,11H2,(H,25,28). The molecule has 0 saturated carbocycles. The van der Waals surface area contributed by atoms with E-state index in [-0.39, 0.29) is 11.3 Å². The van der Waals surface area contributed by atoms with Crippen LogP contribution in [0.4, 0.5) is 13.2 Å². The van der Waals surface area contributed by atoms with Crippen LogP contribution in [0.3, 0.4) is 0 Å². The largest absolute Gasteiger partial charge is 0.448 e. The molecule has 0 aliphatic heterocycles. The second-order valence-corrected chi connectivity index (χ2v) is 7.49. The molecule has 0 fully saturated rings. The van der Waals surface area contributed by atoms with Gasteiger partial charge in [0.15, 0.2) is 16.5 Å². The van der Waals surface area contributed by atoms with Crippen LogP contribution in [0.15, 0.2) is 65.1 Å². The molecule has 4 aromatic rings. The Morgan fingerprint density at radius 2 is 1.83 bits per heavy atom. The number of para-hydroxylation sites is 1. The number of aliphatic hydroxyl groups excluding tert-OH is 1. The predicted octanol–water partition coefficient (Wildman–Crippen LogP) is 5.04. The number of halogens is 3. The number of amides is 1. The Hall–Kier alpha value is -3.17. The van der Waals surface area contributed by atoms with E-state index in [0.717, 1.165) is 16.3 Å². The van der Waals surface area contributed by atoms with Crippen molar-refractivity contribution in [2.24, 2.45) is 0 Å². The smallest absolute Gasteiger partial charge is 0.416 e. The molecule has 2 heterocycles. The summed E-state index contributed by atoms with van der Waals surface area (Å²) in [6, 6.07) is 15.3. The minimum atomic E-state index is -4.60. The summed E-state index contributed by atoms with van der Waals surface area (Å²) in [5.74, 6) is -0.268. The first-order chi connectivity index (χ1) is 14.3. The number of benzene rings is 2. The molecule has 0 bridgehead atoms. The van der Waals surface area contributed by atoms with Crippen LogP contribution in [-0.2, 0) is 6.18 Å². The van der Waals surface area contributed by atoms with Crippen LogP contribution in [0.25, 0.3) is 21.0 Å². The van der Waals surface area contributed by atoms with Gasteiger partial charge >= 0.3 is 6.18 Å². The van der Waals surface area contributed by atoms with E-state index in [1.165, 1.54) is 35.6 Å². The van der Waals surface area contributed by atoms with Gasteiger partial charge in [-0.05, 0) is 35.9 Å². The van der Waals surface area contributed by atoms with Crippen molar-refractivity contribution in [2.75, 3.05) is 6.54 Å². The van der Waals surface area contributed by atoms with Crippen molar-refractivity contribution in [3.63, 3.8) is 0 Å². The highest BCUT2D eigenvalue weighted by Crippen LogP contribution is 2.34. The molecule has 0 spiro atoms. The minimum Gasteiger partial charge on any atom is -0.448 e. The third kappa shape index (κ3) is 4.07. The number of aliphatic hydroxyl groups is 1. The second kappa shape index (κ2) is 7.92. The number of rotatable bonds is 5. The molecule has 2 aromatic carbocycles. The minimum absolute atomic E-state index is 0.0273. The Balaban J connectivity index is 1.45. The van der Waals surface area contributed by atoms with E-state index in [4.69, 9.17) is 4.42 Å². The second-order valence-electron chi connectivity index (χ2n) is 6.46. The first-order valence-corrected chi connectivity index (χ1v) is 9.73. The molecular formula is C21H15F3N2O3S. The number of carbonyl (C=O) groups excluding carboxylic acids is 1. The van der Waals surface area contributed by atoms with Gasteiger partial charge in [0.1, 0.15) is 0 Å². The molecule has 30 heavy (non-hydrogen) atoms. The van der Waals surface area contributed by atoms with Crippen LogP contribution in [0.1, 0.15) is 27.8 Å². The van der Waals surface area contributed by atoms with Gasteiger partial charge in [-0.1, -0.05) is 30.3 Å².